The molecule has 10 heteroatoms. The highest BCUT2D eigenvalue weighted by atomic mass is 16.5. The van der Waals surface area contributed by atoms with Crippen LogP contribution in [0.15, 0.2) is 36.8 Å². The van der Waals surface area contributed by atoms with Crippen molar-refractivity contribution < 1.29 is 9.53 Å². The largest absolute Gasteiger partial charge is 0.373 e. The molecule has 2 aliphatic rings. The zero-order valence-electron chi connectivity index (χ0n) is 20.0. The van der Waals surface area contributed by atoms with Gasteiger partial charge in [0.15, 0.2) is 11.5 Å². The second kappa shape index (κ2) is 8.46. The Morgan fingerprint density at radius 2 is 1.89 bits per heavy atom. The van der Waals surface area contributed by atoms with Crippen LogP contribution < -0.4 is 15.5 Å². The van der Waals surface area contributed by atoms with Gasteiger partial charge in [0.25, 0.3) is 0 Å². The number of carbonyl (C=O) groups is 1. The van der Waals surface area contributed by atoms with Crippen LogP contribution >= 0.6 is 0 Å². The minimum absolute atomic E-state index is 0.0198. The van der Waals surface area contributed by atoms with Gasteiger partial charge < -0.3 is 20.3 Å². The molecule has 4 aromatic rings. The lowest BCUT2D eigenvalue weighted by molar-refractivity contribution is -0.117. The van der Waals surface area contributed by atoms with Gasteiger partial charge in [-0.2, -0.15) is 0 Å². The van der Waals surface area contributed by atoms with Gasteiger partial charge >= 0.3 is 0 Å². The van der Waals surface area contributed by atoms with E-state index in [1.54, 1.807) is 12.4 Å². The molecule has 1 saturated carbocycles. The zero-order chi connectivity index (χ0) is 24.1. The Hall–Kier alpha value is -3.79. The molecule has 1 aliphatic carbocycles. The highest BCUT2D eigenvalue weighted by Gasteiger charge is 2.30. The highest BCUT2D eigenvalue weighted by molar-refractivity contribution is 6.03. The molecule has 4 aromatic heterocycles. The van der Waals surface area contributed by atoms with Gasteiger partial charge in [0.1, 0.15) is 11.6 Å². The van der Waals surface area contributed by atoms with Crippen molar-refractivity contribution in [3.63, 3.8) is 0 Å². The van der Waals surface area contributed by atoms with E-state index in [0.29, 0.717) is 17.5 Å². The van der Waals surface area contributed by atoms with Crippen molar-refractivity contribution in [3.05, 3.63) is 36.8 Å². The third-order valence-corrected chi connectivity index (χ3v) is 6.55. The summed E-state index contributed by atoms with van der Waals surface area (Å²) in [6, 6.07) is 5.94. The summed E-state index contributed by atoms with van der Waals surface area (Å²) < 4.78 is 7.69. The number of amides is 1. The monoisotopic (exact) mass is 472 g/mol. The van der Waals surface area contributed by atoms with E-state index >= 15 is 0 Å². The second-order valence-electron chi connectivity index (χ2n) is 9.44. The summed E-state index contributed by atoms with van der Waals surface area (Å²) in [5, 5.41) is 12.6. The molecule has 0 radical (unpaired) electrons. The molecule has 1 saturated heterocycles. The molecular weight excluding hydrogens is 444 g/mol. The molecule has 10 nitrogen and oxygen atoms in total. The number of nitrogens with one attached hydrogen (secondary N) is 2. The first-order valence-corrected chi connectivity index (χ1v) is 12.0. The summed E-state index contributed by atoms with van der Waals surface area (Å²) in [7, 11) is 1.82. The van der Waals surface area contributed by atoms with Crippen molar-refractivity contribution in [1.29, 1.82) is 0 Å². The summed E-state index contributed by atoms with van der Waals surface area (Å²) in [4.78, 5) is 28.4. The number of aromatic nitrogens is 5. The van der Waals surface area contributed by atoms with Crippen molar-refractivity contribution in [2.45, 2.75) is 38.9 Å². The summed E-state index contributed by atoms with van der Waals surface area (Å²) in [6.45, 7) is 5.86. The van der Waals surface area contributed by atoms with Crippen LogP contribution in [0.25, 0.3) is 27.8 Å². The standard InChI is InChI=1S/C25H28N8O2/c1-14-11-32(12-15(2)35-14)17-6-7-22-30-24(31-33(22)13-17)20-10-28-23(26-3)19-9-27-21(8-18(19)20)29-25(34)16-4-5-16/h6-10,13-16H,4-5,11-12H2,1-3H3,(H,26,28)(H,27,29,34)/t14-,15-/m1/s1. The molecule has 0 unspecified atom stereocenters. The Bertz CT molecular complexity index is 1420. The smallest absolute Gasteiger partial charge is 0.228 e. The lowest BCUT2D eigenvalue weighted by atomic mass is 10.1. The number of rotatable bonds is 5. The molecule has 1 aliphatic heterocycles. The van der Waals surface area contributed by atoms with Crippen molar-refractivity contribution in [1.82, 2.24) is 24.6 Å². The summed E-state index contributed by atoms with van der Waals surface area (Å²) in [6.07, 6.45) is 7.73. The van der Waals surface area contributed by atoms with E-state index in [0.717, 1.165) is 53.6 Å². The molecule has 2 atom stereocenters. The van der Waals surface area contributed by atoms with E-state index in [9.17, 15) is 4.79 Å². The molecule has 0 bridgehead atoms. The number of hydrogen-bond donors (Lipinski definition) is 2. The average Bonchev–Trinajstić information content (AvgIpc) is 3.61. The number of hydrogen-bond acceptors (Lipinski definition) is 8. The fraction of sp³-hybridized carbons (Fsp3) is 0.400. The van der Waals surface area contributed by atoms with E-state index in [1.807, 2.05) is 29.9 Å². The van der Waals surface area contributed by atoms with E-state index in [2.05, 4.69) is 45.4 Å². The maximum absolute atomic E-state index is 12.3. The predicted octanol–water partition coefficient (Wildman–Crippen LogP) is 3.34. The molecule has 35 heavy (non-hydrogen) atoms. The molecule has 6 rings (SSSR count). The average molecular weight is 473 g/mol. The lowest BCUT2D eigenvalue weighted by Gasteiger charge is -2.36. The van der Waals surface area contributed by atoms with E-state index in [-0.39, 0.29) is 24.0 Å². The van der Waals surface area contributed by atoms with Gasteiger partial charge in [-0.25, -0.2) is 19.5 Å². The Kier molecular flexibility index (Phi) is 5.25. The van der Waals surface area contributed by atoms with Gasteiger partial charge in [-0.15, -0.1) is 5.10 Å². The highest BCUT2D eigenvalue weighted by Crippen LogP contribution is 2.33. The Labute approximate surface area is 202 Å². The molecule has 0 spiro atoms. The molecule has 180 valence electrons. The van der Waals surface area contributed by atoms with Crippen LogP contribution in [-0.4, -0.2) is 62.8 Å². The van der Waals surface area contributed by atoms with Crippen LogP contribution in [0, 0.1) is 5.92 Å². The molecular formula is C25H28N8O2. The minimum atomic E-state index is 0.0198. The molecule has 0 aromatic carbocycles. The number of carbonyl (C=O) groups excluding carboxylic acids is 1. The number of anilines is 3. The Morgan fingerprint density at radius 3 is 2.63 bits per heavy atom. The number of fused-ring (bicyclic) bond motifs is 2. The molecule has 2 N–H and O–H groups in total. The Balaban J connectivity index is 1.39. The third-order valence-electron chi connectivity index (χ3n) is 6.55. The van der Waals surface area contributed by atoms with Crippen molar-refractivity contribution >= 4 is 39.6 Å². The fourth-order valence-corrected chi connectivity index (χ4v) is 4.72. The summed E-state index contributed by atoms with van der Waals surface area (Å²) in [5.74, 6) is 1.91. The zero-order valence-corrected chi connectivity index (χ0v) is 20.0. The summed E-state index contributed by atoms with van der Waals surface area (Å²) >= 11 is 0. The maximum Gasteiger partial charge on any atom is 0.228 e. The number of nitrogens with zero attached hydrogens (tertiary/aromatic N) is 6. The first-order chi connectivity index (χ1) is 17.0. The van der Waals surface area contributed by atoms with E-state index < -0.39 is 0 Å². The lowest BCUT2D eigenvalue weighted by Crippen LogP contribution is -2.45. The van der Waals surface area contributed by atoms with Gasteiger partial charge in [-0.05, 0) is 44.9 Å². The Morgan fingerprint density at radius 1 is 1.09 bits per heavy atom. The van der Waals surface area contributed by atoms with Gasteiger partial charge in [0, 0.05) is 54.8 Å². The maximum atomic E-state index is 12.3. The van der Waals surface area contributed by atoms with Crippen LogP contribution in [0.5, 0.6) is 0 Å². The van der Waals surface area contributed by atoms with E-state index in [1.165, 1.54) is 0 Å². The predicted molar refractivity (Wildman–Crippen MR) is 135 cm³/mol. The van der Waals surface area contributed by atoms with Crippen LogP contribution in [-0.2, 0) is 9.53 Å². The fourth-order valence-electron chi connectivity index (χ4n) is 4.72. The molecule has 5 heterocycles. The second-order valence-corrected chi connectivity index (χ2v) is 9.44. The minimum Gasteiger partial charge on any atom is -0.373 e. The van der Waals surface area contributed by atoms with Crippen molar-refractivity contribution in [2.75, 3.05) is 35.7 Å². The number of morpholine rings is 1. The molecule has 1 amide bonds. The van der Waals surface area contributed by atoms with Gasteiger partial charge in [0.05, 0.1) is 24.1 Å². The topological polar surface area (TPSA) is 110 Å². The van der Waals surface area contributed by atoms with Crippen LogP contribution in [0.2, 0.25) is 0 Å². The van der Waals surface area contributed by atoms with Gasteiger partial charge in [-0.1, -0.05) is 0 Å². The van der Waals surface area contributed by atoms with Crippen molar-refractivity contribution in [3.8, 4) is 11.4 Å². The van der Waals surface area contributed by atoms with Crippen LogP contribution in [0.3, 0.4) is 0 Å². The third kappa shape index (κ3) is 4.14. The molecule has 2 fully saturated rings. The normalized spacial score (nSPS) is 20.4. The summed E-state index contributed by atoms with van der Waals surface area (Å²) in [5.41, 5.74) is 2.61. The number of pyridine rings is 3. The first-order valence-electron chi connectivity index (χ1n) is 12.0. The number of ether oxygens (including phenoxy) is 1. The van der Waals surface area contributed by atoms with Gasteiger partial charge in [0.2, 0.25) is 5.91 Å². The van der Waals surface area contributed by atoms with Crippen molar-refractivity contribution in [2.24, 2.45) is 5.92 Å². The van der Waals surface area contributed by atoms with E-state index in [4.69, 9.17) is 14.8 Å². The first kappa shape index (κ1) is 21.7. The SMILES string of the molecule is CNc1ncc(-c2nc3ccc(N4C[C@@H](C)O[C@H](C)C4)cn3n2)c2cc(NC(=O)C3CC3)ncc12. The quantitative estimate of drug-likeness (QED) is 0.455. The van der Waals surface area contributed by atoms with Gasteiger partial charge in [-0.3, -0.25) is 4.79 Å². The van der Waals surface area contributed by atoms with Crippen LogP contribution in [0.1, 0.15) is 26.7 Å². The van der Waals surface area contributed by atoms with Crippen LogP contribution in [0.4, 0.5) is 17.3 Å².